The highest BCUT2D eigenvalue weighted by atomic mass is 35.5. The second-order valence-corrected chi connectivity index (χ2v) is 5.33. The molecule has 7 heteroatoms. The van der Waals surface area contributed by atoms with Gasteiger partial charge in [0.25, 0.3) is 0 Å². The Morgan fingerprint density at radius 1 is 1.26 bits per heavy atom. The van der Waals surface area contributed by atoms with Gasteiger partial charge in [0.1, 0.15) is 0 Å². The normalized spacial score (nSPS) is 14.9. The maximum Gasteiger partial charge on any atom is 0.321 e. The Hall–Kier alpha value is -1.46. The number of urea groups is 1. The van der Waals surface area contributed by atoms with Crippen LogP contribution >= 0.6 is 23.2 Å². The molecule has 0 radical (unpaired) electrons. The molecule has 1 fully saturated rings. The highest BCUT2D eigenvalue weighted by Crippen LogP contribution is 2.24. The molecule has 0 unspecified atom stereocenters. The molecule has 0 aromatic heterocycles. The number of benzene rings is 1. The lowest BCUT2D eigenvalue weighted by Gasteiger charge is -2.38. The van der Waals surface area contributed by atoms with E-state index in [0.717, 1.165) is 0 Å². The number of nitrogens with zero attached hydrogens (tertiary/aromatic N) is 1. The highest BCUT2D eigenvalue weighted by Gasteiger charge is 2.32. The van der Waals surface area contributed by atoms with Gasteiger partial charge in [-0.1, -0.05) is 23.2 Å². The van der Waals surface area contributed by atoms with Crippen LogP contribution in [0.5, 0.6) is 0 Å². The summed E-state index contributed by atoms with van der Waals surface area (Å²) in [4.78, 5) is 23.9. The average Bonchev–Trinajstić information content (AvgIpc) is 2.20. The first-order valence-electron chi connectivity index (χ1n) is 5.68. The first kappa shape index (κ1) is 14.0. The standard InChI is InChI=1S/C12H12Cl2N2O3/c13-8-2-9(14)4-10(3-8)15-12(19)16-5-7(6-16)1-11(17)18/h2-4,7H,1,5-6H2,(H,15,19)(H,17,18). The third-order valence-corrected chi connectivity index (χ3v) is 3.26. The maximum atomic E-state index is 11.8. The number of carboxylic acid groups (broad SMARTS) is 1. The summed E-state index contributed by atoms with van der Waals surface area (Å²) < 4.78 is 0. The number of carbonyl (C=O) groups is 2. The van der Waals surface area contributed by atoms with Gasteiger partial charge in [0, 0.05) is 34.7 Å². The van der Waals surface area contributed by atoms with E-state index < -0.39 is 5.97 Å². The van der Waals surface area contributed by atoms with Gasteiger partial charge in [-0.15, -0.1) is 0 Å². The zero-order valence-corrected chi connectivity index (χ0v) is 11.4. The van der Waals surface area contributed by atoms with Crippen LogP contribution in [-0.2, 0) is 4.79 Å². The minimum absolute atomic E-state index is 0.0335. The number of carboxylic acids is 1. The number of halogens is 2. The number of aliphatic carboxylic acids is 1. The van der Waals surface area contributed by atoms with Gasteiger partial charge >= 0.3 is 12.0 Å². The van der Waals surface area contributed by atoms with E-state index in [1.165, 1.54) is 0 Å². The molecule has 5 nitrogen and oxygen atoms in total. The van der Waals surface area contributed by atoms with E-state index in [2.05, 4.69) is 5.32 Å². The van der Waals surface area contributed by atoms with Gasteiger partial charge in [-0.05, 0) is 18.2 Å². The number of rotatable bonds is 3. The molecule has 0 spiro atoms. The molecule has 0 aliphatic carbocycles. The Balaban J connectivity index is 1.87. The molecule has 1 aromatic carbocycles. The van der Waals surface area contributed by atoms with Gasteiger partial charge in [-0.3, -0.25) is 4.79 Å². The first-order valence-corrected chi connectivity index (χ1v) is 6.43. The summed E-state index contributed by atoms with van der Waals surface area (Å²) in [5.41, 5.74) is 0.518. The zero-order valence-electron chi connectivity index (χ0n) is 9.90. The van der Waals surface area contributed by atoms with Crippen molar-refractivity contribution in [2.75, 3.05) is 18.4 Å². The molecule has 1 aliphatic heterocycles. The lowest BCUT2D eigenvalue weighted by molar-refractivity contribution is -0.139. The van der Waals surface area contributed by atoms with Crippen molar-refractivity contribution in [2.45, 2.75) is 6.42 Å². The van der Waals surface area contributed by atoms with Crippen LogP contribution in [-0.4, -0.2) is 35.1 Å². The average molecular weight is 303 g/mol. The molecule has 1 heterocycles. The predicted octanol–water partition coefficient (Wildman–Crippen LogP) is 2.93. The summed E-state index contributed by atoms with van der Waals surface area (Å²) in [6.45, 7) is 0.902. The molecule has 2 rings (SSSR count). The Bertz CT molecular complexity index is 495. The number of hydrogen-bond acceptors (Lipinski definition) is 2. The fraction of sp³-hybridized carbons (Fsp3) is 0.333. The quantitative estimate of drug-likeness (QED) is 0.902. The van der Waals surface area contributed by atoms with Crippen molar-refractivity contribution < 1.29 is 14.7 Å². The summed E-state index contributed by atoms with van der Waals surface area (Å²) in [6, 6.07) is 4.49. The minimum Gasteiger partial charge on any atom is -0.481 e. The maximum absolute atomic E-state index is 11.8. The molecule has 1 aromatic rings. The summed E-state index contributed by atoms with van der Waals surface area (Å²) >= 11 is 11.7. The molecule has 19 heavy (non-hydrogen) atoms. The third-order valence-electron chi connectivity index (χ3n) is 2.82. The van der Waals surface area contributed by atoms with Gasteiger partial charge in [-0.25, -0.2) is 4.79 Å². The van der Waals surface area contributed by atoms with Crippen molar-refractivity contribution in [1.82, 2.24) is 4.90 Å². The summed E-state index contributed by atoms with van der Waals surface area (Å²) in [6.07, 6.45) is 0.0901. The fourth-order valence-electron chi connectivity index (χ4n) is 1.94. The van der Waals surface area contributed by atoms with Gasteiger partial charge in [-0.2, -0.15) is 0 Å². The number of anilines is 1. The van der Waals surface area contributed by atoms with Crippen LogP contribution in [0.2, 0.25) is 10.0 Å². The third kappa shape index (κ3) is 3.75. The topological polar surface area (TPSA) is 69.6 Å². The van der Waals surface area contributed by atoms with E-state index in [1.54, 1.807) is 23.1 Å². The van der Waals surface area contributed by atoms with Crippen molar-refractivity contribution in [3.8, 4) is 0 Å². The van der Waals surface area contributed by atoms with Crippen molar-refractivity contribution in [3.63, 3.8) is 0 Å². The highest BCUT2D eigenvalue weighted by molar-refractivity contribution is 6.35. The van der Waals surface area contributed by atoms with Crippen LogP contribution in [0.25, 0.3) is 0 Å². The summed E-state index contributed by atoms with van der Waals surface area (Å²) in [5.74, 6) is -0.808. The Labute approximate surface area is 120 Å². The SMILES string of the molecule is O=C(O)CC1CN(C(=O)Nc2cc(Cl)cc(Cl)c2)C1. The molecule has 0 saturated carbocycles. The largest absolute Gasteiger partial charge is 0.481 e. The van der Waals surface area contributed by atoms with Crippen molar-refractivity contribution in [2.24, 2.45) is 5.92 Å². The van der Waals surface area contributed by atoms with Crippen LogP contribution in [0, 0.1) is 5.92 Å². The van der Waals surface area contributed by atoms with Crippen molar-refractivity contribution >= 4 is 40.9 Å². The van der Waals surface area contributed by atoms with E-state index in [0.29, 0.717) is 28.8 Å². The number of nitrogens with one attached hydrogen (secondary N) is 1. The number of likely N-dealkylation sites (tertiary alicyclic amines) is 1. The van der Waals surface area contributed by atoms with E-state index in [1.807, 2.05) is 0 Å². The molecule has 1 aliphatic rings. The summed E-state index contributed by atoms with van der Waals surface area (Å²) in [7, 11) is 0. The Morgan fingerprint density at radius 2 is 1.84 bits per heavy atom. The number of carbonyl (C=O) groups excluding carboxylic acids is 1. The molecular formula is C12H12Cl2N2O3. The van der Waals surface area contributed by atoms with E-state index in [4.69, 9.17) is 28.3 Å². The monoisotopic (exact) mass is 302 g/mol. The molecule has 2 N–H and O–H groups in total. The smallest absolute Gasteiger partial charge is 0.321 e. The molecule has 2 amide bonds. The lowest BCUT2D eigenvalue weighted by atomic mass is 9.97. The van der Waals surface area contributed by atoms with Gasteiger partial charge in [0.05, 0.1) is 6.42 Å². The molecular weight excluding hydrogens is 291 g/mol. The zero-order chi connectivity index (χ0) is 14.0. The molecule has 0 atom stereocenters. The molecule has 0 bridgehead atoms. The fourth-order valence-corrected chi connectivity index (χ4v) is 2.47. The Morgan fingerprint density at radius 3 is 2.37 bits per heavy atom. The van der Waals surface area contributed by atoms with Crippen LogP contribution in [0.1, 0.15) is 6.42 Å². The van der Waals surface area contributed by atoms with Gasteiger partial charge < -0.3 is 15.3 Å². The predicted molar refractivity (Wildman–Crippen MR) is 72.8 cm³/mol. The lowest BCUT2D eigenvalue weighted by Crippen LogP contribution is -2.52. The van der Waals surface area contributed by atoms with Crippen LogP contribution in [0.3, 0.4) is 0 Å². The minimum atomic E-state index is -0.841. The number of hydrogen-bond donors (Lipinski definition) is 2. The van der Waals surface area contributed by atoms with Crippen molar-refractivity contribution in [1.29, 1.82) is 0 Å². The first-order chi connectivity index (χ1) is 8.94. The number of amides is 2. The van der Waals surface area contributed by atoms with Crippen molar-refractivity contribution in [3.05, 3.63) is 28.2 Å². The van der Waals surface area contributed by atoms with E-state index in [9.17, 15) is 9.59 Å². The van der Waals surface area contributed by atoms with Gasteiger partial charge in [0.2, 0.25) is 0 Å². The molecule has 1 saturated heterocycles. The summed E-state index contributed by atoms with van der Waals surface area (Å²) in [5, 5.41) is 12.2. The van der Waals surface area contributed by atoms with E-state index in [-0.39, 0.29) is 18.4 Å². The van der Waals surface area contributed by atoms with Crippen LogP contribution in [0.4, 0.5) is 10.5 Å². The van der Waals surface area contributed by atoms with Crippen LogP contribution in [0.15, 0.2) is 18.2 Å². The Kier molecular flexibility index (Phi) is 4.17. The van der Waals surface area contributed by atoms with Gasteiger partial charge in [0.15, 0.2) is 0 Å². The second-order valence-electron chi connectivity index (χ2n) is 4.46. The second kappa shape index (κ2) is 5.67. The van der Waals surface area contributed by atoms with E-state index >= 15 is 0 Å². The molecule has 102 valence electrons. The van der Waals surface area contributed by atoms with Crippen LogP contribution < -0.4 is 5.32 Å².